The third kappa shape index (κ3) is 3.77. The Bertz CT molecular complexity index is 452. The minimum Gasteiger partial charge on any atom is -0.463 e. The smallest absolute Gasteiger partial charge is 0.279 e. The average Bonchev–Trinajstić information content (AvgIpc) is 2.83. The lowest BCUT2D eigenvalue weighted by atomic mass is 10.3. The molecule has 0 aliphatic heterocycles. The van der Waals surface area contributed by atoms with Crippen molar-refractivity contribution in [3.8, 4) is 0 Å². The van der Waals surface area contributed by atoms with Crippen LogP contribution in [-0.2, 0) is 11.3 Å². The van der Waals surface area contributed by atoms with Gasteiger partial charge in [0.1, 0.15) is 6.54 Å². The molecule has 0 aliphatic rings. The minimum atomic E-state index is -0.0113. The number of nitrogens with one attached hydrogen (secondary N) is 1. The molecule has 0 saturated carbocycles. The first-order valence-electron chi connectivity index (χ1n) is 5.53. The number of para-hydroxylation sites is 1. The molecule has 0 spiro atoms. The zero-order valence-corrected chi connectivity index (χ0v) is 9.43. The molecule has 1 aromatic heterocycles. The summed E-state index contributed by atoms with van der Waals surface area (Å²) in [6, 6.07) is 13.2. The van der Waals surface area contributed by atoms with Gasteiger partial charge >= 0.3 is 0 Å². The van der Waals surface area contributed by atoms with Gasteiger partial charge in [0.05, 0.1) is 6.26 Å². The van der Waals surface area contributed by atoms with Crippen molar-refractivity contribution in [3.05, 3.63) is 54.5 Å². The van der Waals surface area contributed by atoms with Gasteiger partial charge in [-0.2, -0.15) is 0 Å². The summed E-state index contributed by atoms with van der Waals surface area (Å²) in [6.07, 6.45) is 1.63. The van der Waals surface area contributed by atoms with Crippen molar-refractivity contribution in [1.29, 1.82) is 0 Å². The quantitative estimate of drug-likeness (QED) is 0.806. The lowest BCUT2D eigenvalue weighted by molar-refractivity contribution is -0.661. The number of furan rings is 1. The summed E-state index contributed by atoms with van der Waals surface area (Å²) in [7, 11) is 0. The molecule has 88 valence electrons. The zero-order valence-electron chi connectivity index (χ0n) is 9.43. The first-order valence-corrected chi connectivity index (χ1v) is 5.53. The molecular formula is C13H15N2O2+. The summed E-state index contributed by atoms with van der Waals surface area (Å²) >= 11 is 0. The van der Waals surface area contributed by atoms with Crippen LogP contribution in [0.3, 0.4) is 0 Å². The normalized spacial score (nSPS) is 10.1. The maximum absolute atomic E-state index is 11.6. The SMILES string of the molecule is O=C(C[NH2+]Cc1ccco1)Nc1ccccc1. The second kappa shape index (κ2) is 5.86. The fourth-order valence-corrected chi connectivity index (χ4v) is 1.51. The van der Waals surface area contributed by atoms with Crippen LogP contribution in [0.15, 0.2) is 53.1 Å². The summed E-state index contributed by atoms with van der Waals surface area (Å²) in [5, 5.41) is 4.72. The average molecular weight is 231 g/mol. The van der Waals surface area contributed by atoms with Gasteiger partial charge in [-0.05, 0) is 24.3 Å². The van der Waals surface area contributed by atoms with Crippen LogP contribution in [0, 0.1) is 0 Å². The highest BCUT2D eigenvalue weighted by molar-refractivity contribution is 5.91. The number of amides is 1. The van der Waals surface area contributed by atoms with E-state index in [0.29, 0.717) is 13.1 Å². The molecule has 0 fully saturated rings. The summed E-state index contributed by atoms with van der Waals surface area (Å²) in [5.74, 6) is 0.861. The van der Waals surface area contributed by atoms with E-state index >= 15 is 0 Å². The molecular weight excluding hydrogens is 216 g/mol. The lowest BCUT2D eigenvalue weighted by Crippen LogP contribution is -2.84. The summed E-state index contributed by atoms with van der Waals surface area (Å²) in [6.45, 7) is 1.06. The number of hydrogen-bond acceptors (Lipinski definition) is 2. The minimum absolute atomic E-state index is 0.0113. The van der Waals surface area contributed by atoms with Gasteiger partial charge in [-0.3, -0.25) is 4.79 Å². The van der Waals surface area contributed by atoms with Crippen LogP contribution in [0.1, 0.15) is 5.76 Å². The Hall–Kier alpha value is -2.07. The third-order valence-electron chi connectivity index (χ3n) is 2.31. The van der Waals surface area contributed by atoms with E-state index in [2.05, 4.69) is 5.32 Å². The molecule has 2 rings (SSSR count). The number of carbonyl (C=O) groups is 1. The number of benzene rings is 1. The molecule has 1 aromatic carbocycles. The van der Waals surface area contributed by atoms with Gasteiger partial charge in [0.25, 0.3) is 5.91 Å². The van der Waals surface area contributed by atoms with Crippen LogP contribution in [0.25, 0.3) is 0 Å². The molecule has 4 nitrogen and oxygen atoms in total. The summed E-state index contributed by atoms with van der Waals surface area (Å²) < 4.78 is 5.17. The Morgan fingerprint density at radius 1 is 1.18 bits per heavy atom. The van der Waals surface area contributed by atoms with Gasteiger partial charge in [0.15, 0.2) is 12.3 Å². The Balaban J connectivity index is 1.71. The summed E-state index contributed by atoms with van der Waals surface area (Å²) in [5.41, 5.74) is 0.823. The maximum atomic E-state index is 11.6. The Labute approximate surface area is 99.6 Å². The monoisotopic (exact) mass is 231 g/mol. The van der Waals surface area contributed by atoms with E-state index in [1.54, 1.807) is 6.26 Å². The summed E-state index contributed by atoms with van der Waals surface area (Å²) in [4.78, 5) is 11.6. The number of anilines is 1. The first-order chi connectivity index (χ1) is 8.34. The predicted molar refractivity (Wildman–Crippen MR) is 64.3 cm³/mol. The molecule has 17 heavy (non-hydrogen) atoms. The van der Waals surface area contributed by atoms with E-state index in [1.807, 2.05) is 47.8 Å². The number of nitrogens with two attached hydrogens (primary N) is 1. The van der Waals surface area contributed by atoms with Gasteiger partial charge in [-0.15, -0.1) is 0 Å². The Morgan fingerprint density at radius 3 is 2.71 bits per heavy atom. The molecule has 1 amide bonds. The molecule has 0 unspecified atom stereocenters. The van der Waals surface area contributed by atoms with Crippen LogP contribution in [0.4, 0.5) is 5.69 Å². The molecule has 2 aromatic rings. The molecule has 0 bridgehead atoms. The van der Waals surface area contributed by atoms with Crippen molar-refractivity contribution in [1.82, 2.24) is 0 Å². The molecule has 0 radical (unpaired) electrons. The second-order valence-corrected chi connectivity index (χ2v) is 3.69. The highest BCUT2D eigenvalue weighted by Crippen LogP contribution is 2.03. The highest BCUT2D eigenvalue weighted by atomic mass is 16.3. The van der Waals surface area contributed by atoms with Gasteiger partial charge < -0.3 is 15.1 Å². The van der Waals surface area contributed by atoms with Crippen LogP contribution in [-0.4, -0.2) is 12.5 Å². The number of rotatable bonds is 5. The molecule has 0 aliphatic carbocycles. The third-order valence-corrected chi connectivity index (χ3v) is 2.31. The van der Waals surface area contributed by atoms with Gasteiger partial charge in [0, 0.05) is 5.69 Å². The molecule has 4 heteroatoms. The van der Waals surface area contributed by atoms with Crippen LogP contribution < -0.4 is 10.6 Å². The Kier molecular flexibility index (Phi) is 3.94. The standard InChI is InChI=1S/C13H14N2O2/c16-13(15-11-5-2-1-3-6-11)10-14-9-12-7-4-8-17-12/h1-8,14H,9-10H2,(H,15,16)/p+1. The van der Waals surface area contributed by atoms with Crippen molar-refractivity contribution in [2.75, 3.05) is 11.9 Å². The van der Waals surface area contributed by atoms with Gasteiger partial charge in [-0.1, -0.05) is 18.2 Å². The van der Waals surface area contributed by atoms with Crippen molar-refractivity contribution in [3.63, 3.8) is 0 Å². The molecule has 1 heterocycles. The highest BCUT2D eigenvalue weighted by Gasteiger charge is 2.05. The molecule has 3 N–H and O–H groups in total. The second-order valence-electron chi connectivity index (χ2n) is 3.69. The maximum Gasteiger partial charge on any atom is 0.279 e. The van der Waals surface area contributed by atoms with Crippen molar-refractivity contribution in [2.45, 2.75) is 6.54 Å². The largest absolute Gasteiger partial charge is 0.463 e. The van der Waals surface area contributed by atoms with Crippen LogP contribution >= 0.6 is 0 Å². The first kappa shape index (κ1) is 11.4. The number of hydrogen-bond donors (Lipinski definition) is 2. The van der Waals surface area contributed by atoms with E-state index < -0.39 is 0 Å². The van der Waals surface area contributed by atoms with E-state index in [4.69, 9.17) is 4.42 Å². The van der Waals surface area contributed by atoms with E-state index in [1.165, 1.54) is 0 Å². The van der Waals surface area contributed by atoms with Crippen molar-refractivity contribution in [2.24, 2.45) is 0 Å². The number of quaternary nitrogens is 1. The molecule has 0 saturated heterocycles. The van der Waals surface area contributed by atoms with E-state index in [9.17, 15) is 4.79 Å². The van der Waals surface area contributed by atoms with Crippen LogP contribution in [0.2, 0.25) is 0 Å². The number of carbonyl (C=O) groups excluding carboxylic acids is 1. The van der Waals surface area contributed by atoms with E-state index in [0.717, 1.165) is 11.4 Å². The topological polar surface area (TPSA) is 58.9 Å². The predicted octanol–water partition coefficient (Wildman–Crippen LogP) is 0.982. The Morgan fingerprint density at radius 2 is 2.00 bits per heavy atom. The zero-order chi connectivity index (χ0) is 11.9. The lowest BCUT2D eigenvalue weighted by Gasteiger charge is -2.03. The van der Waals surface area contributed by atoms with E-state index in [-0.39, 0.29) is 5.91 Å². The van der Waals surface area contributed by atoms with Gasteiger partial charge in [-0.25, -0.2) is 0 Å². The fourth-order valence-electron chi connectivity index (χ4n) is 1.51. The molecule has 0 atom stereocenters. The van der Waals surface area contributed by atoms with Crippen LogP contribution in [0.5, 0.6) is 0 Å². The van der Waals surface area contributed by atoms with Crippen molar-refractivity contribution < 1.29 is 14.5 Å². The van der Waals surface area contributed by atoms with Crippen molar-refractivity contribution >= 4 is 11.6 Å². The fraction of sp³-hybridized carbons (Fsp3) is 0.154. The van der Waals surface area contributed by atoms with Gasteiger partial charge in [0.2, 0.25) is 0 Å².